The molecule has 1 heterocycles. The fourth-order valence-corrected chi connectivity index (χ4v) is 2.11. The summed E-state index contributed by atoms with van der Waals surface area (Å²) in [5.41, 5.74) is 8.34. The lowest BCUT2D eigenvalue weighted by Gasteiger charge is -2.12. The van der Waals surface area contributed by atoms with E-state index in [1.165, 1.54) is 0 Å². The third-order valence-electron chi connectivity index (χ3n) is 3.05. The minimum atomic E-state index is -0.438. The molecule has 3 N–H and O–H groups in total. The van der Waals surface area contributed by atoms with Gasteiger partial charge in [0.25, 0.3) is 5.91 Å². The lowest BCUT2D eigenvalue weighted by molar-refractivity contribution is 0.100. The summed E-state index contributed by atoms with van der Waals surface area (Å²) in [5, 5.41) is 3.20. The lowest BCUT2D eigenvalue weighted by atomic mass is 10.1. The Hall–Kier alpha value is -2.56. The Balaban J connectivity index is 2.15. The Morgan fingerprint density at radius 1 is 1.29 bits per heavy atom. The highest BCUT2D eigenvalue weighted by molar-refractivity contribution is 5.99. The van der Waals surface area contributed by atoms with Crippen LogP contribution in [0.2, 0.25) is 0 Å². The standard InChI is InChI=1S/C16H19N3O2/c1-3-21-14-9-5-7-12(19-14)10-18-13-8-4-6-11(2)15(13)16(17)20/h4-9,18H,3,10H2,1-2H3,(H2,17,20). The molecule has 5 nitrogen and oxygen atoms in total. The third-order valence-corrected chi connectivity index (χ3v) is 3.05. The van der Waals surface area contributed by atoms with Gasteiger partial charge in [-0.1, -0.05) is 18.2 Å². The van der Waals surface area contributed by atoms with E-state index in [1.54, 1.807) is 0 Å². The first kappa shape index (κ1) is 14.8. The molecule has 0 saturated carbocycles. The summed E-state index contributed by atoms with van der Waals surface area (Å²) in [6, 6.07) is 11.2. The number of aromatic nitrogens is 1. The molecule has 1 amide bonds. The van der Waals surface area contributed by atoms with Crippen molar-refractivity contribution in [1.29, 1.82) is 0 Å². The number of benzene rings is 1. The maximum Gasteiger partial charge on any atom is 0.251 e. The predicted octanol–water partition coefficient (Wildman–Crippen LogP) is 2.50. The highest BCUT2D eigenvalue weighted by atomic mass is 16.5. The molecule has 2 aromatic rings. The number of primary amides is 1. The zero-order valence-corrected chi connectivity index (χ0v) is 12.2. The van der Waals surface area contributed by atoms with Crippen molar-refractivity contribution in [2.24, 2.45) is 5.73 Å². The molecule has 0 atom stereocenters. The molecule has 110 valence electrons. The number of amides is 1. The fraction of sp³-hybridized carbons (Fsp3) is 0.250. The van der Waals surface area contributed by atoms with Gasteiger partial charge in [0.15, 0.2) is 0 Å². The Bertz CT molecular complexity index is 641. The van der Waals surface area contributed by atoms with Gasteiger partial charge in [-0.15, -0.1) is 0 Å². The van der Waals surface area contributed by atoms with E-state index in [0.717, 1.165) is 11.3 Å². The number of hydrogen-bond donors (Lipinski definition) is 2. The summed E-state index contributed by atoms with van der Waals surface area (Å²) in [6.45, 7) is 4.84. The van der Waals surface area contributed by atoms with Gasteiger partial charge in [0.1, 0.15) is 0 Å². The SMILES string of the molecule is CCOc1cccc(CNc2cccc(C)c2C(N)=O)n1. The zero-order chi connectivity index (χ0) is 15.2. The van der Waals surface area contributed by atoms with E-state index in [4.69, 9.17) is 10.5 Å². The second-order valence-corrected chi connectivity index (χ2v) is 4.62. The van der Waals surface area contributed by atoms with E-state index in [2.05, 4.69) is 10.3 Å². The molecule has 0 saturated heterocycles. The smallest absolute Gasteiger partial charge is 0.251 e. The van der Waals surface area contributed by atoms with Gasteiger partial charge >= 0.3 is 0 Å². The highest BCUT2D eigenvalue weighted by Crippen LogP contribution is 2.19. The molecule has 21 heavy (non-hydrogen) atoms. The monoisotopic (exact) mass is 285 g/mol. The topological polar surface area (TPSA) is 77.2 Å². The summed E-state index contributed by atoms with van der Waals surface area (Å²) in [4.78, 5) is 15.9. The van der Waals surface area contributed by atoms with Crippen LogP contribution in [0.1, 0.15) is 28.5 Å². The average Bonchev–Trinajstić information content (AvgIpc) is 2.45. The van der Waals surface area contributed by atoms with E-state index < -0.39 is 5.91 Å². The largest absolute Gasteiger partial charge is 0.478 e. The Kier molecular flexibility index (Phi) is 4.77. The van der Waals surface area contributed by atoms with Crippen LogP contribution in [0.15, 0.2) is 36.4 Å². The van der Waals surface area contributed by atoms with Gasteiger partial charge in [0.2, 0.25) is 5.88 Å². The number of pyridine rings is 1. The minimum absolute atomic E-state index is 0.438. The number of carbonyl (C=O) groups excluding carboxylic acids is 1. The first-order valence-corrected chi connectivity index (χ1v) is 6.84. The highest BCUT2D eigenvalue weighted by Gasteiger charge is 2.10. The van der Waals surface area contributed by atoms with Crippen LogP contribution in [0.3, 0.4) is 0 Å². The van der Waals surface area contributed by atoms with Gasteiger partial charge < -0.3 is 15.8 Å². The summed E-state index contributed by atoms with van der Waals surface area (Å²) in [7, 11) is 0. The number of aryl methyl sites for hydroxylation is 1. The van der Waals surface area contributed by atoms with Crippen LogP contribution in [-0.4, -0.2) is 17.5 Å². The van der Waals surface area contributed by atoms with Gasteiger partial charge in [-0.05, 0) is 31.5 Å². The number of nitrogens with one attached hydrogen (secondary N) is 1. The molecule has 0 unspecified atom stereocenters. The van der Waals surface area contributed by atoms with Crippen LogP contribution in [0.25, 0.3) is 0 Å². The Labute approximate surface area is 124 Å². The third kappa shape index (κ3) is 3.72. The van der Waals surface area contributed by atoms with Crippen LogP contribution in [0, 0.1) is 6.92 Å². The van der Waals surface area contributed by atoms with E-state index >= 15 is 0 Å². The molecular weight excluding hydrogens is 266 g/mol. The molecule has 0 aliphatic carbocycles. The maximum atomic E-state index is 11.5. The van der Waals surface area contributed by atoms with Crippen LogP contribution in [-0.2, 0) is 6.54 Å². The predicted molar refractivity (Wildman–Crippen MR) is 82.4 cm³/mol. The van der Waals surface area contributed by atoms with Gasteiger partial charge in [0.05, 0.1) is 24.4 Å². The van der Waals surface area contributed by atoms with Crippen molar-refractivity contribution < 1.29 is 9.53 Å². The van der Waals surface area contributed by atoms with Crippen LogP contribution < -0.4 is 15.8 Å². The van der Waals surface area contributed by atoms with Crippen molar-refractivity contribution in [3.05, 3.63) is 53.2 Å². The van der Waals surface area contributed by atoms with Crippen LogP contribution in [0.4, 0.5) is 5.69 Å². The van der Waals surface area contributed by atoms with Crippen LogP contribution >= 0.6 is 0 Å². The summed E-state index contributed by atoms with van der Waals surface area (Å²) in [6.07, 6.45) is 0. The Morgan fingerprint density at radius 3 is 2.76 bits per heavy atom. The second-order valence-electron chi connectivity index (χ2n) is 4.62. The molecular formula is C16H19N3O2. The molecule has 0 radical (unpaired) electrons. The normalized spacial score (nSPS) is 10.2. The molecule has 0 fully saturated rings. The molecule has 0 bridgehead atoms. The van der Waals surface area contributed by atoms with Crippen molar-refractivity contribution >= 4 is 11.6 Å². The summed E-state index contributed by atoms with van der Waals surface area (Å²) in [5.74, 6) is 0.155. The van der Waals surface area contributed by atoms with Gasteiger partial charge in [-0.25, -0.2) is 4.98 Å². The molecule has 5 heteroatoms. The van der Waals surface area contributed by atoms with E-state index in [9.17, 15) is 4.79 Å². The molecule has 2 rings (SSSR count). The quantitative estimate of drug-likeness (QED) is 0.855. The minimum Gasteiger partial charge on any atom is -0.478 e. The lowest BCUT2D eigenvalue weighted by Crippen LogP contribution is -2.16. The summed E-state index contributed by atoms with van der Waals surface area (Å²) < 4.78 is 5.37. The molecule has 1 aromatic carbocycles. The van der Waals surface area contributed by atoms with Crippen LogP contribution in [0.5, 0.6) is 5.88 Å². The first-order chi connectivity index (χ1) is 10.1. The second kappa shape index (κ2) is 6.74. The van der Waals surface area contributed by atoms with Crippen molar-refractivity contribution in [2.75, 3.05) is 11.9 Å². The number of ether oxygens (including phenoxy) is 1. The number of anilines is 1. The van der Waals surface area contributed by atoms with E-state index in [1.807, 2.05) is 50.2 Å². The molecule has 0 aliphatic heterocycles. The van der Waals surface area contributed by atoms with Crippen molar-refractivity contribution in [3.63, 3.8) is 0 Å². The average molecular weight is 285 g/mol. The summed E-state index contributed by atoms with van der Waals surface area (Å²) >= 11 is 0. The van der Waals surface area contributed by atoms with E-state index in [-0.39, 0.29) is 0 Å². The van der Waals surface area contributed by atoms with Gasteiger partial charge in [-0.3, -0.25) is 4.79 Å². The number of nitrogens with zero attached hydrogens (tertiary/aromatic N) is 1. The number of rotatable bonds is 6. The number of nitrogens with two attached hydrogens (primary N) is 1. The molecule has 0 spiro atoms. The van der Waals surface area contributed by atoms with E-state index in [0.29, 0.717) is 30.3 Å². The number of carbonyl (C=O) groups is 1. The van der Waals surface area contributed by atoms with Crippen molar-refractivity contribution in [3.8, 4) is 5.88 Å². The van der Waals surface area contributed by atoms with Gasteiger partial charge in [0, 0.05) is 11.8 Å². The maximum absolute atomic E-state index is 11.5. The molecule has 0 aliphatic rings. The zero-order valence-electron chi connectivity index (χ0n) is 12.2. The Morgan fingerprint density at radius 2 is 2.05 bits per heavy atom. The fourth-order valence-electron chi connectivity index (χ4n) is 2.11. The first-order valence-electron chi connectivity index (χ1n) is 6.84. The van der Waals surface area contributed by atoms with Crippen molar-refractivity contribution in [1.82, 2.24) is 4.98 Å². The van der Waals surface area contributed by atoms with Crippen molar-refractivity contribution in [2.45, 2.75) is 20.4 Å². The van der Waals surface area contributed by atoms with Gasteiger partial charge in [-0.2, -0.15) is 0 Å². The number of hydrogen-bond acceptors (Lipinski definition) is 4. The molecule has 1 aromatic heterocycles.